The number of alkyl carbamates (subject to hydrolysis) is 1. The Balaban J connectivity index is 1.76. The first-order valence-corrected chi connectivity index (χ1v) is 8.22. The molecule has 22 heavy (non-hydrogen) atoms. The third kappa shape index (κ3) is 5.72. The Bertz CT molecular complexity index is 486. The van der Waals surface area contributed by atoms with Crippen LogP contribution in [0.25, 0.3) is 0 Å². The van der Waals surface area contributed by atoms with Crippen LogP contribution in [0.15, 0.2) is 18.5 Å². The highest BCUT2D eigenvalue weighted by Gasteiger charge is 2.33. The summed E-state index contributed by atoms with van der Waals surface area (Å²) in [5, 5.41) is 6.45. The van der Waals surface area contributed by atoms with Gasteiger partial charge in [0.05, 0.1) is 0 Å². The number of aromatic nitrogens is 1. The number of aryl methyl sites for hydroxylation is 1. The first kappa shape index (κ1) is 16.9. The molecule has 0 aliphatic heterocycles. The van der Waals surface area contributed by atoms with Crippen molar-refractivity contribution in [2.24, 2.45) is 5.92 Å². The fourth-order valence-corrected chi connectivity index (χ4v) is 2.46. The lowest BCUT2D eigenvalue weighted by Gasteiger charge is -2.24. The van der Waals surface area contributed by atoms with Gasteiger partial charge >= 0.3 is 6.09 Å². The second-order valence-electron chi connectivity index (χ2n) is 7.07. The molecule has 0 aromatic carbocycles. The van der Waals surface area contributed by atoms with Gasteiger partial charge in [-0.15, -0.1) is 0 Å². The second-order valence-corrected chi connectivity index (χ2v) is 7.07. The molecule has 5 nitrogen and oxygen atoms in total. The molecule has 1 unspecified atom stereocenters. The van der Waals surface area contributed by atoms with E-state index in [9.17, 15) is 4.79 Å². The van der Waals surface area contributed by atoms with Crippen molar-refractivity contribution in [3.05, 3.63) is 24.0 Å². The van der Waals surface area contributed by atoms with Gasteiger partial charge in [-0.25, -0.2) is 4.79 Å². The standard InChI is InChI=1S/C17H29N3O2/c1-5-20-9-8-13(12-20)10-18-11-15(14-6-7-14)19-16(21)22-17(2,3)4/h8-9,12,14-15,18H,5-7,10-11H2,1-4H3,(H,19,21). The van der Waals surface area contributed by atoms with Gasteiger partial charge in [-0.1, -0.05) is 0 Å². The third-order valence-corrected chi connectivity index (χ3v) is 3.76. The van der Waals surface area contributed by atoms with Crippen LogP contribution in [0.2, 0.25) is 0 Å². The van der Waals surface area contributed by atoms with Crippen molar-refractivity contribution in [1.29, 1.82) is 0 Å². The van der Waals surface area contributed by atoms with Gasteiger partial charge in [-0.2, -0.15) is 0 Å². The van der Waals surface area contributed by atoms with E-state index in [4.69, 9.17) is 4.74 Å². The average molecular weight is 307 g/mol. The molecule has 1 aromatic heterocycles. The predicted molar refractivity (Wildman–Crippen MR) is 87.7 cm³/mol. The number of ether oxygens (including phenoxy) is 1. The monoisotopic (exact) mass is 307 g/mol. The maximum atomic E-state index is 11.9. The zero-order valence-electron chi connectivity index (χ0n) is 14.2. The van der Waals surface area contributed by atoms with E-state index >= 15 is 0 Å². The van der Waals surface area contributed by atoms with Crippen LogP contribution in [-0.4, -0.2) is 28.8 Å². The van der Waals surface area contributed by atoms with Gasteiger partial charge in [0.2, 0.25) is 0 Å². The van der Waals surface area contributed by atoms with Crippen LogP contribution in [-0.2, 0) is 17.8 Å². The van der Waals surface area contributed by atoms with Crippen LogP contribution in [0.4, 0.5) is 4.79 Å². The van der Waals surface area contributed by atoms with Crippen molar-refractivity contribution in [2.45, 2.75) is 65.3 Å². The Morgan fingerprint density at radius 3 is 2.73 bits per heavy atom. The molecule has 0 bridgehead atoms. The van der Waals surface area contributed by atoms with Crippen LogP contribution in [0.1, 0.15) is 46.1 Å². The third-order valence-electron chi connectivity index (χ3n) is 3.76. The van der Waals surface area contributed by atoms with Crippen molar-refractivity contribution in [3.63, 3.8) is 0 Å². The van der Waals surface area contributed by atoms with E-state index in [1.807, 2.05) is 20.8 Å². The number of amides is 1. The summed E-state index contributed by atoms with van der Waals surface area (Å²) < 4.78 is 7.51. The predicted octanol–water partition coefficient (Wildman–Crippen LogP) is 2.90. The average Bonchev–Trinajstić information content (AvgIpc) is 3.15. The number of rotatable bonds is 7. The maximum Gasteiger partial charge on any atom is 0.407 e. The van der Waals surface area contributed by atoms with Gasteiger partial charge < -0.3 is 19.9 Å². The first-order valence-electron chi connectivity index (χ1n) is 8.22. The number of carbonyl (C=O) groups excluding carboxylic acids is 1. The SMILES string of the molecule is CCn1ccc(CNCC(NC(=O)OC(C)(C)C)C2CC2)c1. The van der Waals surface area contributed by atoms with Crippen molar-refractivity contribution in [1.82, 2.24) is 15.2 Å². The zero-order chi connectivity index (χ0) is 16.2. The Hall–Kier alpha value is -1.49. The number of hydrogen-bond donors (Lipinski definition) is 2. The van der Waals surface area contributed by atoms with E-state index < -0.39 is 5.60 Å². The molecule has 1 fully saturated rings. The summed E-state index contributed by atoms with van der Waals surface area (Å²) in [6.07, 6.45) is 6.31. The molecule has 2 N–H and O–H groups in total. The van der Waals surface area contributed by atoms with Crippen molar-refractivity contribution < 1.29 is 9.53 Å². The zero-order valence-corrected chi connectivity index (χ0v) is 14.2. The largest absolute Gasteiger partial charge is 0.444 e. The Kier molecular flexibility index (Phi) is 5.51. The molecule has 1 atom stereocenters. The van der Waals surface area contributed by atoms with E-state index in [0.717, 1.165) is 19.6 Å². The molecule has 0 radical (unpaired) electrons. The van der Waals surface area contributed by atoms with Gasteiger partial charge in [-0.3, -0.25) is 0 Å². The van der Waals surface area contributed by atoms with Gasteiger partial charge in [0.25, 0.3) is 0 Å². The van der Waals surface area contributed by atoms with Crippen molar-refractivity contribution in [3.8, 4) is 0 Å². The quantitative estimate of drug-likeness (QED) is 0.814. The summed E-state index contributed by atoms with van der Waals surface area (Å²) >= 11 is 0. The highest BCUT2D eigenvalue weighted by molar-refractivity contribution is 5.68. The number of carbonyl (C=O) groups is 1. The molecule has 1 aliphatic carbocycles. The number of hydrogen-bond acceptors (Lipinski definition) is 3. The molecule has 1 amide bonds. The molecule has 0 spiro atoms. The first-order chi connectivity index (χ1) is 10.4. The summed E-state index contributed by atoms with van der Waals surface area (Å²) in [5.74, 6) is 0.584. The topological polar surface area (TPSA) is 55.3 Å². The van der Waals surface area contributed by atoms with Gasteiger partial charge in [0.15, 0.2) is 0 Å². The highest BCUT2D eigenvalue weighted by Crippen LogP contribution is 2.32. The second kappa shape index (κ2) is 7.18. The number of nitrogens with one attached hydrogen (secondary N) is 2. The molecule has 1 saturated carbocycles. The molecule has 0 saturated heterocycles. The lowest BCUT2D eigenvalue weighted by Crippen LogP contribution is -2.45. The van der Waals surface area contributed by atoms with E-state index in [2.05, 4.69) is 40.6 Å². The van der Waals surface area contributed by atoms with E-state index in [0.29, 0.717) is 5.92 Å². The molecule has 124 valence electrons. The molecule has 1 aliphatic rings. The van der Waals surface area contributed by atoms with Gasteiger partial charge in [0, 0.05) is 38.1 Å². The van der Waals surface area contributed by atoms with Crippen LogP contribution >= 0.6 is 0 Å². The van der Waals surface area contributed by atoms with E-state index in [1.54, 1.807) is 0 Å². The summed E-state index contributed by atoms with van der Waals surface area (Å²) in [6.45, 7) is 10.4. The fraction of sp³-hybridized carbons (Fsp3) is 0.706. The normalized spacial score (nSPS) is 16.4. The van der Waals surface area contributed by atoms with E-state index in [-0.39, 0.29) is 12.1 Å². The Morgan fingerprint density at radius 2 is 2.18 bits per heavy atom. The maximum absolute atomic E-state index is 11.9. The van der Waals surface area contributed by atoms with Gasteiger partial charge in [-0.05, 0) is 58.1 Å². The lowest BCUT2D eigenvalue weighted by molar-refractivity contribution is 0.0497. The minimum Gasteiger partial charge on any atom is -0.444 e. The summed E-state index contributed by atoms with van der Waals surface area (Å²) in [6, 6.07) is 2.28. The Morgan fingerprint density at radius 1 is 1.45 bits per heavy atom. The smallest absolute Gasteiger partial charge is 0.407 e. The minimum absolute atomic E-state index is 0.156. The molecular weight excluding hydrogens is 278 g/mol. The molecule has 1 heterocycles. The van der Waals surface area contributed by atoms with Crippen LogP contribution in [0, 0.1) is 5.92 Å². The van der Waals surface area contributed by atoms with Gasteiger partial charge in [0.1, 0.15) is 5.60 Å². The summed E-state index contributed by atoms with van der Waals surface area (Å²) in [7, 11) is 0. The van der Waals surface area contributed by atoms with Crippen molar-refractivity contribution in [2.75, 3.05) is 6.54 Å². The minimum atomic E-state index is -0.450. The highest BCUT2D eigenvalue weighted by atomic mass is 16.6. The summed E-state index contributed by atoms with van der Waals surface area (Å²) in [5.41, 5.74) is 0.822. The van der Waals surface area contributed by atoms with E-state index in [1.165, 1.54) is 18.4 Å². The fourth-order valence-electron chi connectivity index (χ4n) is 2.46. The molecule has 1 aromatic rings. The molecule has 5 heteroatoms. The lowest BCUT2D eigenvalue weighted by atomic mass is 10.2. The van der Waals surface area contributed by atoms with Crippen molar-refractivity contribution >= 4 is 6.09 Å². The Labute approximate surface area is 133 Å². The molecule has 2 rings (SSSR count). The van der Waals surface area contributed by atoms with Crippen LogP contribution in [0.5, 0.6) is 0 Å². The summed E-state index contributed by atoms with van der Waals surface area (Å²) in [4.78, 5) is 11.9. The number of nitrogens with zero attached hydrogens (tertiary/aromatic N) is 1. The molecular formula is C17H29N3O2. The van der Waals surface area contributed by atoms with Crippen LogP contribution in [0.3, 0.4) is 0 Å². The van der Waals surface area contributed by atoms with Crippen LogP contribution < -0.4 is 10.6 Å².